The first kappa shape index (κ1) is 29.2. The van der Waals surface area contributed by atoms with E-state index in [0.29, 0.717) is 0 Å². The number of fused-ring (bicyclic) bond motifs is 10. The lowest BCUT2D eigenvalue weighted by Crippen LogP contribution is -2.21. The minimum Gasteiger partial charge on any atom is -0.319 e. The highest BCUT2D eigenvalue weighted by molar-refractivity contribution is 6.22. The number of hydrogen-bond acceptors (Lipinski definition) is 0. The summed E-state index contributed by atoms with van der Waals surface area (Å²) in [4.78, 5) is 0. The molecule has 0 amide bonds. The van der Waals surface area contributed by atoms with Crippen LogP contribution in [-0.4, -0.2) is 18.3 Å². The second kappa shape index (κ2) is 11.0. The van der Waals surface area contributed by atoms with Crippen molar-refractivity contribution < 1.29 is 0 Å². The molecule has 0 fully saturated rings. The first-order chi connectivity index (χ1) is 25.7. The molecule has 1 aliphatic carbocycles. The molecule has 0 spiro atoms. The fourth-order valence-electron chi connectivity index (χ4n) is 9.23. The summed E-state index contributed by atoms with van der Waals surface area (Å²) >= 11 is 0. The lowest BCUT2D eigenvalue weighted by atomic mass is 9.88. The van der Waals surface area contributed by atoms with Crippen molar-refractivity contribution in [3.05, 3.63) is 181 Å². The van der Waals surface area contributed by atoms with Crippen LogP contribution in [0.15, 0.2) is 164 Å². The molecule has 0 N–H and O–H groups in total. The van der Waals surface area contributed by atoms with Crippen molar-refractivity contribution in [1.82, 2.24) is 18.3 Å². The largest absolute Gasteiger partial charge is 0.319 e. The highest BCUT2D eigenvalue weighted by Gasteiger charge is 2.35. The summed E-state index contributed by atoms with van der Waals surface area (Å²) in [5.74, 6) is 0.138. The normalized spacial score (nSPS) is 15.8. The zero-order chi connectivity index (χ0) is 34.5. The van der Waals surface area contributed by atoms with Crippen LogP contribution in [0, 0.1) is 6.92 Å². The Morgan fingerprint density at radius 3 is 1.63 bits per heavy atom. The van der Waals surface area contributed by atoms with Crippen LogP contribution in [0.1, 0.15) is 35.7 Å². The summed E-state index contributed by atoms with van der Waals surface area (Å²) in [6.45, 7) is 4.63. The Hall–Kier alpha value is -6.52. The SMILES string of the molecule is Cc1ccc2c(c1)c1c3ccccc3n(C3C=Cc4c(n(-c5ccccc5)c5c4c4ccccc4n5-c4ccccc4)[C@H]3C)c1n2-c1ccccc1. The molecule has 6 aromatic carbocycles. The summed E-state index contributed by atoms with van der Waals surface area (Å²) in [5, 5.41) is 6.48. The smallest absolute Gasteiger partial charge is 0.131 e. The van der Waals surface area contributed by atoms with Gasteiger partial charge in [-0.2, -0.15) is 0 Å². The molecule has 52 heavy (non-hydrogen) atoms. The predicted molar refractivity (Wildman–Crippen MR) is 218 cm³/mol. The molecule has 0 bridgehead atoms. The average molecular weight is 669 g/mol. The average Bonchev–Trinajstić information content (AvgIpc) is 3.91. The highest BCUT2D eigenvalue weighted by atomic mass is 15.2. The van der Waals surface area contributed by atoms with Crippen molar-refractivity contribution in [1.29, 1.82) is 0 Å². The van der Waals surface area contributed by atoms with Gasteiger partial charge in [0.2, 0.25) is 0 Å². The first-order valence-corrected chi connectivity index (χ1v) is 18.2. The van der Waals surface area contributed by atoms with Gasteiger partial charge in [-0.25, -0.2) is 0 Å². The summed E-state index contributed by atoms with van der Waals surface area (Å²) < 4.78 is 10.1. The Morgan fingerprint density at radius 1 is 0.462 bits per heavy atom. The second-order valence-electron chi connectivity index (χ2n) is 14.3. The van der Waals surface area contributed by atoms with Gasteiger partial charge in [-0.15, -0.1) is 0 Å². The molecule has 11 rings (SSSR count). The van der Waals surface area contributed by atoms with E-state index in [9.17, 15) is 0 Å². The fraction of sp³-hybridized carbons (Fsp3) is 0.0833. The molecule has 1 aliphatic rings. The molecule has 4 heteroatoms. The molecular weight excluding hydrogens is 633 g/mol. The van der Waals surface area contributed by atoms with Gasteiger partial charge in [0.05, 0.1) is 22.6 Å². The van der Waals surface area contributed by atoms with Gasteiger partial charge in [-0.1, -0.05) is 122 Å². The molecule has 2 atom stereocenters. The van der Waals surface area contributed by atoms with Crippen molar-refractivity contribution >= 4 is 60.9 Å². The van der Waals surface area contributed by atoms with Gasteiger partial charge in [-0.3, -0.25) is 13.7 Å². The molecule has 1 unspecified atom stereocenters. The number of allylic oxidation sites excluding steroid dienone is 1. The van der Waals surface area contributed by atoms with Crippen molar-refractivity contribution in [2.45, 2.75) is 25.8 Å². The Bertz CT molecular complexity index is 3020. The highest BCUT2D eigenvalue weighted by Crippen LogP contribution is 2.50. The maximum absolute atomic E-state index is 2.63. The Morgan fingerprint density at radius 2 is 0.981 bits per heavy atom. The molecule has 0 radical (unpaired) electrons. The maximum Gasteiger partial charge on any atom is 0.131 e. The van der Waals surface area contributed by atoms with Crippen LogP contribution >= 0.6 is 0 Å². The monoisotopic (exact) mass is 668 g/mol. The third-order valence-electron chi connectivity index (χ3n) is 11.4. The molecule has 0 saturated carbocycles. The Labute approximate surface area is 301 Å². The van der Waals surface area contributed by atoms with Crippen LogP contribution in [0.3, 0.4) is 0 Å². The summed E-state index contributed by atoms with van der Waals surface area (Å²) in [7, 11) is 0. The number of benzene rings is 6. The van der Waals surface area contributed by atoms with E-state index in [0.717, 1.165) is 5.69 Å². The minimum atomic E-state index is 0.0562. The van der Waals surface area contributed by atoms with Crippen LogP contribution in [-0.2, 0) is 0 Å². The zero-order valence-corrected chi connectivity index (χ0v) is 29.1. The van der Waals surface area contributed by atoms with Gasteiger partial charge in [0.15, 0.2) is 0 Å². The van der Waals surface area contributed by atoms with Crippen LogP contribution < -0.4 is 0 Å². The van der Waals surface area contributed by atoms with Gasteiger partial charge < -0.3 is 4.57 Å². The molecule has 0 saturated heterocycles. The number of aryl methyl sites for hydroxylation is 1. The van der Waals surface area contributed by atoms with Crippen LogP contribution in [0.2, 0.25) is 0 Å². The molecular formula is C48H36N4. The second-order valence-corrected chi connectivity index (χ2v) is 14.3. The van der Waals surface area contributed by atoms with Crippen LogP contribution in [0.5, 0.6) is 0 Å². The molecule has 4 heterocycles. The molecule has 0 aliphatic heterocycles. The molecule has 248 valence electrons. The summed E-state index contributed by atoms with van der Waals surface area (Å²) in [5.41, 5.74) is 13.6. The standard InChI is InChI=1S/C48H36N4/c1-31-26-28-43-39(30-31)45-37-23-13-15-25-42(37)52(48(45)50(43)34-18-8-4-9-19-34)40-29-27-38-44-36-22-12-14-24-41(36)49(33-16-6-3-7-17-33)47(44)51(46(38)32(40)2)35-20-10-5-11-21-35/h3-30,32,40H,1-2H3/t32-,40?/m0/s1. The molecule has 10 aromatic rings. The zero-order valence-electron chi connectivity index (χ0n) is 29.1. The Balaban J connectivity index is 1.26. The number of nitrogens with zero attached hydrogens (tertiary/aromatic N) is 4. The summed E-state index contributed by atoms with van der Waals surface area (Å²) in [6, 6.07) is 57.5. The van der Waals surface area contributed by atoms with E-state index in [-0.39, 0.29) is 12.0 Å². The van der Waals surface area contributed by atoms with Gasteiger partial charge in [0.25, 0.3) is 0 Å². The van der Waals surface area contributed by atoms with E-state index in [4.69, 9.17) is 0 Å². The third-order valence-corrected chi connectivity index (χ3v) is 11.4. The van der Waals surface area contributed by atoms with Crippen molar-refractivity contribution in [3.8, 4) is 17.1 Å². The number of hydrogen-bond donors (Lipinski definition) is 0. The fourth-order valence-corrected chi connectivity index (χ4v) is 9.23. The van der Waals surface area contributed by atoms with E-state index < -0.39 is 0 Å². The van der Waals surface area contributed by atoms with Gasteiger partial charge in [0.1, 0.15) is 11.3 Å². The van der Waals surface area contributed by atoms with Gasteiger partial charge in [-0.05, 0) is 67.6 Å². The van der Waals surface area contributed by atoms with Gasteiger partial charge in [0, 0.05) is 61.2 Å². The van der Waals surface area contributed by atoms with E-state index in [1.54, 1.807) is 0 Å². The van der Waals surface area contributed by atoms with E-state index in [2.05, 4.69) is 202 Å². The van der Waals surface area contributed by atoms with E-state index in [1.807, 2.05) is 0 Å². The molecule has 4 nitrogen and oxygen atoms in total. The van der Waals surface area contributed by atoms with Crippen molar-refractivity contribution in [2.75, 3.05) is 0 Å². The van der Waals surface area contributed by atoms with E-state index >= 15 is 0 Å². The lowest BCUT2D eigenvalue weighted by molar-refractivity contribution is 0.519. The lowest BCUT2D eigenvalue weighted by Gasteiger charge is -2.30. The Kier molecular flexibility index (Phi) is 6.18. The van der Waals surface area contributed by atoms with Gasteiger partial charge >= 0.3 is 0 Å². The predicted octanol–water partition coefficient (Wildman–Crippen LogP) is 12.3. The number of para-hydroxylation sites is 5. The maximum atomic E-state index is 2.63. The van der Waals surface area contributed by atoms with Crippen LogP contribution in [0.4, 0.5) is 0 Å². The topological polar surface area (TPSA) is 19.7 Å². The van der Waals surface area contributed by atoms with Crippen molar-refractivity contribution in [2.24, 2.45) is 0 Å². The first-order valence-electron chi connectivity index (χ1n) is 18.2. The number of rotatable bonds is 4. The quantitative estimate of drug-likeness (QED) is 0.178. The summed E-state index contributed by atoms with van der Waals surface area (Å²) in [6.07, 6.45) is 4.89. The van der Waals surface area contributed by atoms with Crippen molar-refractivity contribution in [3.63, 3.8) is 0 Å². The number of aromatic nitrogens is 4. The van der Waals surface area contributed by atoms with E-state index in [1.165, 1.54) is 83.0 Å². The van der Waals surface area contributed by atoms with Crippen LogP contribution in [0.25, 0.3) is 77.9 Å². The minimum absolute atomic E-state index is 0.0562. The third kappa shape index (κ3) is 3.92. The molecule has 4 aromatic heterocycles.